The van der Waals surface area contributed by atoms with E-state index in [0.29, 0.717) is 44.2 Å². The van der Waals surface area contributed by atoms with Gasteiger partial charge in [0.1, 0.15) is 11.3 Å². The van der Waals surface area contributed by atoms with Gasteiger partial charge in [-0.2, -0.15) is 0 Å². The van der Waals surface area contributed by atoms with E-state index in [2.05, 4.69) is 20.9 Å². The van der Waals surface area contributed by atoms with Crippen molar-refractivity contribution < 1.29 is 19.4 Å². The minimum absolute atomic E-state index is 0.329. The highest BCUT2D eigenvalue weighted by atomic mass is 79.9. The minimum atomic E-state index is -1.42. The zero-order valence-electron chi connectivity index (χ0n) is 14.0. The lowest BCUT2D eigenvalue weighted by molar-refractivity contribution is -0.140. The van der Waals surface area contributed by atoms with Crippen LogP contribution in [0.4, 0.5) is 0 Å². The molecular formula is C18H17BrN2O4. The molecule has 0 aromatic heterocycles. The number of ether oxygens (including phenoxy) is 2. The van der Waals surface area contributed by atoms with Crippen molar-refractivity contribution in [2.24, 2.45) is 10.7 Å². The Morgan fingerprint density at radius 3 is 2.64 bits per heavy atom. The fourth-order valence-electron chi connectivity index (χ4n) is 3.26. The molecule has 1 aromatic carbocycles. The maximum Gasteiger partial charge on any atom is 0.322 e. The van der Waals surface area contributed by atoms with E-state index in [4.69, 9.17) is 15.2 Å². The van der Waals surface area contributed by atoms with Crippen LogP contribution in [0.2, 0.25) is 0 Å². The van der Waals surface area contributed by atoms with Crippen molar-refractivity contribution in [2.75, 3.05) is 14.2 Å². The Morgan fingerprint density at radius 1 is 1.32 bits per heavy atom. The summed E-state index contributed by atoms with van der Waals surface area (Å²) in [6.45, 7) is 1.78. The molecule has 1 aliphatic carbocycles. The Kier molecular flexibility index (Phi) is 4.20. The number of benzene rings is 1. The number of allylic oxidation sites excluding steroid dienone is 3. The quantitative estimate of drug-likeness (QED) is 0.804. The van der Waals surface area contributed by atoms with Gasteiger partial charge in [0.2, 0.25) is 0 Å². The van der Waals surface area contributed by atoms with Gasteiger partial charge in [0.15, 0.2) is 11.5 Å². The van der Waals surface area contributed by atoms with Gasteiger partial charge in [0.25, 0.3) is 0 Å². The van der Waals surface area contributed by atoms with Crippen LogP contribution in [0.5, 0.6) is 11.5 Å². The fourth-order valence-corrected chi connectivity index (χ4v) is 3.87. The van der Waals surface area contributed by atoms with Crippen molar-refractivity contribution in [3.05, 3.63) is 57.2 Å². The number of carbonyl (C=O) groups is 1. The van der Waals surface area contributed by atoms with Crippen LogP contribution in [0.25, 0.3) is 0 Å². The summed E-state index contributed by atoms with van der Waals surface area (Å²) in [4.78, 5) is 16.7. The number of carboxylic acids is 1. The predicted octanol–water partition coefficient (Wildman–Crippen LogP) is 2.93. The van der Waals surface area contributed by atoms with Crippen LogP contribution in [0.3, 0.4) is 0 Å². The molecule has 1 heterocycles. The molecule has 1 atom stereocenters. The Bertz CT molecular complexity index is 899. The first-order valence-corrected chi connectivity index (χ1v) is 8.27. The molecule has 0 radical (unpaired) electrons. The van der Waals surface area contributed by atoms with Crippen molar-refractivity contribution in [1.29, 1.82) is 0 Å². The zero-order chi connectivity index (χ0) is 18.4. The second-order valence-corrected chi connectivity index (χ2v) is 6.57. The molecule has 1 unspecified atom stereocenters. The summed E-state index contributed by atoms with van der Waals surface area (Å²) in [7, 11) is 3.03. The highest BCUT2D eigenvalue weighted by molar-refractivity contribution is 9.10. The normalized spacial score (nSPS) is 21.6. The number of hydrogen-bond donors (Lipinski definition) is 2. The molecule has 0 bridgehead atoms. The van der Waals surface area contributed by atoms with E-state index in [0.717, 1.165) is 0 Å². The highest BCUT2D eigenvalue weighted by Gasteiger charge is 2.48. The monoisotopic (exact) mass is 404 g/mol. The lowest BCUT2D eigenvalue weighted by atomic mass is 9.69. The third kappa shape index (κ3) is 2.38. The first-order valence-electron chi connectivity index (χ1n) is 7.48. The molecule has 0 spiro atoms. The summed E-state index contributed by atoms with van der Waals surface area (Å²) in [5.41, 5.74) is 6.83. The van der Waals surface area contributed by atoms with Crippen molar-refractivity contribution >= 4 is 27.7 Å². The number of rotatable bonds is 4. The summed E-state index contributed by atoms with van der Waals surface area (Å²) < 4.78 is 11.3. The number of hydrogen-bond acceptors (Lipinski definition) is 5. The van der Waals surface area contributed by atoms with Crippen LogP contribution in [0.1, 0.15) is 12.5 Å². The average molecular weight is 405 g/mol. The summed E-state index contributed by atoms with van der Waals surface area (Å²) >= 11 is 3.43. The first-order chi connectivity index (χ1) is 11.9. The number of halogens is 1. The summed E-state index contributed by atoms with van der Waals surface area (Å²) in [5.74, 6) is 0.236. The van der Waals surface area contributed by atoms with Gasteiger partial charge < -0.3 is 20.3 Å². The van der Waals surface area contributed by atoms with E-state index >= 15 is 0 Å². The molecule has 1 aliphatic heterocycles. The van der Waals surface area contributed by atoms with E-state index in [1.54, 1.807) is 37.3 Å². The molecule has 2 aliphatic rings. The Hall–Kier alpha value is -2.54. The number of methoxy groups -OCH3 is 2. The lowest BCUT2D eigenvalue weighted by Gasteiger charge is -2.32. The van der Waals surface area contributed by atoms with Crippen LogP contribution in [0.15, 0.2) is 56.7 Å². The maximum absolute atomic E-state index is 12.4. The van der Waals surface area contributed by atoms with Crippen LogP contribution in [-0.4, -0.2) is 31.1 Å². The van der Waals surface area contributed by atoms with E-state index in [9.17, 15) is 9.90 Å². The Morgan fingerprint density at radius 2 is 2.04 bits per heavy atom. The molecular weight excluding hydrogens is 388 g/mol. The van der Waals surface area contributed by atoms with Gasteiger partial charge in [-0.15, -0.1) is 0 Å². The van der Waals surface area contributed by atoms with Gasteiger partial charge in [0, 0.05) is 5.57 Å². The molecule has 0 amide bonds. The Labute approximate surface area is 153 Å². The molecule has 130 valence electrons. The van der Waals surface area contributed by atoms with Crippen LogP contribution < -0.4 is 15.2 Å². The number of aliphatic imine (C=N–C) groups is 1. The molecule has 0 saturated carbocycles. The molecule has 25 heavy (non-hydrogen) atoms. The van der Waals surface area contributed by atoms with E-state index < -0.39 is 11.4 Å². The molecule has 1 aromatic rings. The maximum atomic E-state index is 12.4. The molecule has 7 heteroatoms. The third-order valence-corrected chi connectivity index (χ3v) is 5.07. The highest BCUT2D eigenvalue weighted by Crippen LogP contribution is 2.48. The van der Waals surface area contributed by atoms with Crippen molar-refractivity contribution in [3.8, 4) is 11.5 Å². The summed E-state index contributed by atoms with van der Waals surface area (Å²) in [6.07, 6.45) is 5.09. The van der Waals surface area contributed by atoms with Crippen molar-refractivity contribution in [1.82, 2.24) is 0 Å². The number of fused-ring (bicyclic) bond motifs is 1. The largest absolute Gasteiger partial charge is 0.493 e. The second kappa shape index (κ2) is 6.07. The van der Waals surface area contributed by atoms with E-state index in [1.807, 2.05) is 0 Å². The molecule has 0 saturated heterocycles. The second-order valence-electron chi connectivity index (χ2n) is 5.71. The fraction of sp³-hybridized carbons (Fsp3) is 0.222. The topological polar surface area (TPSA) is 94.1 Å². The molecule has 3 rings (SSSR count). The average Bonchev–Trinajstić information content (AvgIpc) is 2.88. The molecule has 6 nitrogen and oxygen atoms in total. The standard InChI is InChI=1S/C18H17BrN2O4/c1-9-14-12(21-16(9)20)5-4-6-18(14,17(22)23)10-7-11(19)15(25-3)13(8-10)24-2/h4-8H,1-3H3,(H2,20,21)(H,22,23). The van der Waals surface area contributed by atoms with Crippen LogP contribution in [0, 0.1) is 0 Å². The van der Waals surface area contributed by atoms with Crippen LogP contribution in [-0.2, 0) is 10.2 Å². The third-order valence-electron chi connectivity index (χ3n) is 4.48. The summed E-state index contributed by atoms with van der Waals surface area (Å²) in [5, 5.41) is 10.2. The minimum Gasteiger partial charge on any atom is -0.493 e. The van der Waals surface area contributed by atoms with Gasteiger partial charge in [-0.1, -0.05) is 12.2 Å². The van der Waals surface area contributed by atoms with E-state index in [-0.39, 0.29) is 0 Å². The van der Waals surface area contributed by atoms with Crippen molar-refractivity contribution in [2.45, 2.75) is 12.3 Å². The van der Waals surface area contributed by atoms with Crippen molar-refractivity contribution in [3.63, 3.8) is 0 Å². The Balaban J connectivity index is 2.33. The van der Waals surface area contributed by atoms with Gasteiger partial charge in [-0.3, -0.25) is 4.79 Å². The lowest BCUT2D eigenvalue weighted by Crippen LogP contribution is -2.38. The van der Waals surface area contributed by atoms with Gasteiger partial charge in [0.05, 0.1) is 24.4 Å². The number of aliphatic carboxylic acids is 1. The summed E-state index contributed by atoms with van der Waals surface area (Å²) in [6, 6.07) is 3.39. The zero-order valence-corrected chi connectivity index (χ0v) is 15.5. The smallest absolute Gasteiger partial charge is 0.322 e. The molecule has 3 N–H and O–H groups in total. The number of amidine groups is 1. The number of carboxylic acid groups (broad SMARTS) is 1. The first kappa shape index (κ1) is 17.3. The van der Waals surface area contributed by atoms with Crippen LogP contribution >= 0.6 is 15.9 Å². The van der Waals surface area contributed by atoms with Gasteiger partial charge in [-0.25, -0.2) is 4.99 Å². The van der Waals surface area contributed by atoms with Gasteiger partial charge in [-0.05, 0) is 52.2 Å². The SMILES string of the molecule is COc1cc(C2(C(=O)O)C=CC=C3N=C(N)C(C)=C32)cc(Br)c1OC. The number of nitrogens with two attached hydrogens (primary N) is 1. The number of nitrogens with zero attached hydrogens (tertiary/aromatic N) is 1. The molecule has 0 fully saturated rings. The predicted molar refractivity (Wildman–Crippen MR) is 98.1 cm³/mol. The van der Waals surface area contributed by atoms with Gasteiger partial charge >= 0.3 is 5.97 Å². The van der Waals surface area contributed by atoms with E-state index in [1.165, 1.54) is 14.2 Å².